The van der Waals surface area contributed by atoms with E-state index in [2.05, 4.69) is 10.0 Å². The zero-order chi connectivity index (χ0) is 18.7. The lowest BCUT2D eigenvalue weighted by molar-refractivity contribution is -0.120. The van der Waals surface area contributed by atoms with Crippen molar-refractivity contribution >= 4 is 31.6 Å². The van der Waals surface area contributed by atoms with Crippen molar-refractivity contribution < 1.29 is 21.6 Å². The minimum atomic E-state index is -3.86. The number of sulfonamides is 2. The Hall–Kier alpha value is -1.65. The van der Waals surface area contributed by atoms with Crippen LogP contribution in [0.15, 0.2) is 17.0 Å². The number of rotatable bonds is 7. The monoisotopic (exact) mass is 377 g/mol. The molecule has 0 bridgehead atoms. The molecule has 1 aromatic rings. The predicted octanol–water partition coefficient (Wildman–Crippen LogP) is 0.114. The molecule has 0 spiro atoms. The molecule has 0 saturated carbocycles. The first kappa shape index (κ1) is 20.4. The molecule has 0 radical (unpaired) electrons. The van der Waals surface area contributed by atoms with Gasteiger partial charge in [0.1, 0.15) is 0 Å². The number of carbonyl (C=O) groups is 1. The maximum Gasteiger partial charge on any atom is 0.240 e. The van der Waals surface area contributed by atoms with E-state index < -0.39 is 20.0 Å². The van der Waals surface area contributed by atoms with E-state index in [-0.39, 0.29) is 29.5 Å². The molecule has 10 heteroatoms. The van der Waals surface area contributed by atoms with Gasteiger partial charge in [0.25, 0.3) is 0 Å². The third-order valence-corrected chi connectivity index (χ3v) is 6.34. The first-order valence-electron chi connectivity index (χ1n) is 7.15. The molecule has 136 valence electrons. The second kappa shape index (κ2) is 7.49. The van der Waals surface area contributed by atoms with Crippen molar-refractivity contribution in [2.45, 2.75) is 25.2 Å². The van der Waals surface area contributed by atoms with Crippen molar-refractivity contribution in [3.05, 3.63) is 23.3 Å². The summed E-state index contributed by atoms with van der Waals surface area (Å²) in [5, 5.41) is 2.40. The highest BCUT2D eigenvalue weighted by atomic mass is 32.2. The number of hydrogen-bond acceptors (Lipinski definition) is 5. The molecule has 0 fully saturated rings. The third-order valence-electron chi connectivity index (χ3n) is 3.54. The second-order valence-electron chi connectivity index (χ2n) is 5.46. The van der Waals surface area contributed by atoms with Crippen LogP contribution in [0, 0.1) is 13.8 Å². The lowest BCUT2D eigenvalue weighted by Crippen LogP contribution is -2.30. The van der Waals surface area contributed by atoms with Gasteiger partial charge in [0, 0.05) is 27.1 Å². The van der Waals surface area contributed by atoms with Crippen LogP contribution in [0.2, 0.25) is 0 Å². The molecular formula is C14H23N3O5S2. The van der Waals surface area contributed by atoms with Gasteiger partial charge in [0.2, 0.25) is 26.0 Å². The van der Waals surface area contributed by atoms with Crippen molar-refractivity contribution in [2.24, 2.45) is 0 Å². The molecule has 1 rings (SSSR count). The van der Waals surface area contributed by atoms with Crippen LogP contribution in [-0.4, -0.2) is 49.6 Å². The molecule has 1 amide bonds. The fourth-order valence-electron chi connectivity index (χ4n) is 2.13. The molecule has 24 heavy (non-hydrogen) atoms. The molecule has 0 aliphatic heterocycles. The summed E-state index contributed by atoms with van der Waals surface area (Å²) in [5.74, 6) is -0.282. The zero-order valence-corrected chi connectivity index (χ0v) is 16.0. The Morgan fingerprint density at radius 3 is 2.21 bits per heavy atom. The smallest absolute Gasteiger partial charge is 0.240 e. The molecule has 2 N–H and O–H groups in total. The highest BCUT2D eigenvalue weighted by Crippen LogP contribution is 2.27. The average molecular weight is 377 g/mol. The normalized spacial score (nSPS) is 12.0. The minimum absolute atomic E-state index is 0.0107. The molecule has 0 saturated heterocycles. The van der Waals surface area contributed by atoms with Crippen molar-refractivity contribution in [1.82, 2.24) is 10.0 Å². The van der Waals surface area contributed by atoms with Crippen molar-refractivity contribution in [3.8, 4) is 0 Å². The minimum Gasteiger partial charge on any atom is -0.359 e. The van der Waals surface area contributed by atoms with Crippen LogP contribution in [0.25, 0.3) is 0 Å². The van der Waals surface area contributed by atoms with E-state index in [4.69, 9.17) is 0 Å². The maximum absolute atomic E-state index is 12.4. The van der Waals surface area contributed by atoms with E-state index >= 15 is 0 Å². The van der Waals surface area contributed by atoms with Crippen LogP contribution >= 0.6 is 0 Å². The number of nitrogens with zero attached hydrogens (tertiary/aromatic N) is 1. The average Bonchev–Trinajstić information content (AvgIpc) is 2.45. The second-order valence-corrected chi connectivity index (χ2v) is 9.20. The van der Waals surface area contributed by atoms with E-state index in [1.54, 1.807) is 19.9 Å². The van der Waals surface area contributed by atoms with Gasteiger partial charge in [-0.05, 0) is 31.0 Å². The Bertz CT molecular complexity index is 832. The molecule has 1 aromatic carbocycles. The van der Waals surface area contributed by atoms with Crippen LogP contribution in [0.5, 0.6) is 0 Å². The van der Waals surface area contributed by atoms with Crippen molar-refractivity contribution in [1.29, 1.82) is 0 Å². The molecule has 0 unspecified atom stereocenters. The number of aryl methyl sites for hydroxylation is 2. The van der Waals surface area contributed by atoms with Gasteiger partial charge < -0.3 is 5.32 Å². The van der Waals surface area contributed by atoms with E-state index in [0.29, 0.717) is 11.1 Å². The summed E-state index contributed by atoms with van der Waals surface area (Å²) in [6.07, 6.45) is 1.05. The topological polar surface area (TPSA) is 113 Å². The van der Waals surface area contributed by atoms with Crippen LogP contribution in [-0.2, 0) is 24.8 Å². The van der Waals surface area contributed by atoms with Crippen LogP contribution in [0.1, 0.15) is 17.5 Å². The largest absolute Gasteiger partial charge is 0.359 e. The van der Waals surface area contributed by atoms with Gasteiger partial charge >= 0.3 is 0 Å². The summed E-state index contributed by atoms with van der Waals surface area (Å²) < 4.78 is 51.7. The van der Waals surface area contributed by atoms with Gasteiger partial charge in [-0.1, -0.05) is 6.07 Å². The van der Waals surface area contributed by atoms with Crippen molar-refractivity contribution in [2.75, 3.05) is 31.2 Å². The summed E-state index contributed by atoms with van der Waals surface area (Å²) in [5.41, 5.74) is 1.42. The number of benzene rings is 1. The summed E-state index contributed by atoms with van der Waals surface area (Å²) in [4.78, 5) is 11.2. The summed E-state index contributed by atoms with van der Waals surface area (Å²) in [6, 6.07) is 2.94. The Balaban J connectivity index is 3.22. The first-order valence-corrected chi connectivity index (χ1v) is 10.5. The quantitative estimate of drug-likeness (QED) is 0.700. The number of amides is 1. The summed E-state index contributed by atoms with van der Waals surface area (Å²) >= 11 is 0. The van der Waals surface area contributed by atoms with Gasteiger partial charge in [-0.25, -0.2) is 21.6 Å². The van der Waals surface area contributed by atoms with Crippen LogP contribution in [0.4, 0.5) is 5.69 Å². The van der Waals surface area contributed by atoms with E-state index in [0.717, 1.165) is 10.6 Å². The van der Waals surface area contributed by atoms with Crippen LogP contribution in [0.3, 0.4) is 0 Å². The van der Waals surface area contributed by atoms with Gasteiger partial charge in [-0.2, -0.15) is 0 Å². The van der Waals surface area contributed by atoms with E-state index in [1.807, 2.05) is 0 Å². The highest BCUT2D eigenvalue weighted by molar-refractivity contribution is 7.92. The summed E-state index contributed by atoms with van der Waals surface area (Å²) in [7, 11) is -4.55. The Kier molecular flexibility index (Phi) is 6.37. The SMILES string of the molecule is CNC(=O)CCNS(=O)(=O)c1cc(N(C)S(C)(=O)=O)c(C)cc1C. The first-order chi connectivity index (χ1) is 10.9. The summed E-state index contributed by atoms with van der Waals surface area (Å²) in [6.45, 7) is 3.29. The van der Waals surface area contributed by atoms with Gasteiger partial charge in [-0.15, -0.1) is 0 Å². The molecular weight excluding hydrogens is 354 g/mol. The lowest BCUT2D eigenvalue weighted by atomic mass is 10.1. The third kappa shape index (κ3) is 4.92. The molecule has 0 aliphatic carbocycles. The molecule has 0 atom stereocenters. The standard InChI is InChI=1S/C14H23N3O5S2/c1-10-8-11(2)13(9-12(10)17(4)23(5,19)20)24(21,22)16-7-6-14(18)15-3/h8-9,16H,6-7H2,1-5H3,(H,15,18). The van der Waals surface area contributed by atoms with Crippen LogP contribution < -0.4 is 14.3 Å². The number of anilines is 1. The van der Waals surface area contributed by atoms with Gasteiger partial charge in [0.05, 0.1) is 16.8 Å². The Morgan fingerprint density at radius 2 is 1.71 bits per heavy atom. The predicted molar refractivity (Wildman–Crippen MR) is 93.0 cm³/mol. The van der Waals surface area contributed by atoms with Gasteiger partial charge in [0.15, 0.2) is 0 Å². The molecule has 8 nitrogen and oxygen atoms in total. The lowest BCUT2D eigenvalue weighted by Gasteiger charge is -2.21. The van der Waals surface area contributed by atoms with E-state index in [1.165, 1.54) is 20.2 Å². The Labute approximate surface area is 143 Å². The fourth-order valence-corrected chi connectivity index (χ4v) is 3.96. The maximum atomic E-state index is 12.4. The zero-order valence-electron chi connectivity index (χ0n) is 14.4. The van der Waals surface area contributed by atoms with Gasteiger partial charge in [-0.3, -0.25) is 9.10 Å². The van der Waals surface area contributed by atoms with E-state index in [9.17, 15) is 21.6 Å². The molecule has 0 heterocycles. The number of nitrogens with one attached hydrogen (secondary N) is 2. The number of hydrogen-bond donors (Lipinski definition) is 2. The van der Waals surface area contributed by atoms with Crippen molar-refractivity contribution in [3.63, 3.8) is 0 Å². The molecule has 0 aliphatic rings. The number of carbonyl (C=O) groups excluding carboxylic acids is 1. The highest BCUT2D eigenvalue weighted by Gasteiger charge is 2.22. The Morgan fingerprint density at radius 1 is 1.12 bits per heavy atom. The molecule has 0 aromatic heterocycles. The fraction of sp³-hybridized carbons (Fsp3) is 0.500.